The molecule has 0 spiro atoms. The number of fused-ring (bicyclic) bond motifs is 2. The maximum Gasteiger partial charge on any atom is 0.244 e. The molecule has 2 aliphatic rings. The minimum atomic E-state index is -0.587. The minimum absolute atomic E-state index is 0.00290. The van der Waals surface area contributed by atoms with E-state index in [2.05, 4.69) is 57.1 Å². The van der Waals surface area contributed by atoms with Gasteiger partial charge in [0.1, 0.15) is 6.04 Å². The van der Waals surface area contributed by atoms with Crippen molar-refractivity contribution in [3.05, 3.63) is 92.4 Å². The standard InChI is InChI=1S/C32H37BrClN5O2/c1-3-4-5-13-39-28(32(41)37-17-22-7-6-12-35-16-22)19-38(20-29(39)40)31-21(2)30-24(14-25(33)18-36-30)9-8-23-15-26(34)10-11-27(23)31/h6-7,10-12,14-16,18,21,28,31H,3-5,8-9,13,17,19-20H2,1-2H3,(H,37,41)/t21?,28-,31?/m0/s1. The molecule has 41 heavy (non-hydrogen) atoms. The lowest BCUT2D eigenvalue weighted by molar-refractivity contribution is -0.148. The summed E-state index contributed by atoms with van der Waals surface area (Å²) in [6, 6.07) is 11.3. The molecule has 2 amide bonds. The summed E-state index contributed by atoms with van der Waals surface area (Å²) in [6.07, 6.45) is 9.94. The van der Waals surface area contributed by atoms with Gasteiger partial charge in [-0.15, -0.1) is 0 Å². The van der Waals surface area contributed by atoms with Crippen molar-refractivity contribution in [3.63, 3.8) is 0 Å². The van der Waals surface area contributed by atoms with Crippen molar-refractivity contribution in [2.24, 2.45) is 0 Å². The van der Waals surface area contributed by atoms with Gasteiger partial charge < -0.3 is 10.2 Å². The molecule has 0 radical (unpaired) electrons. The van der Waals surface area contributed by atoms with Crippen LogP contribution < -0.4 is 5.32 Å². The van der Waals surface area contributed by atoms with E-state index in [1.807, 2.05) is 30.5 Å². The number of carbonyl (C=O) groups excluding carboxylic acids is 2. The molecular weight excluding hydrogens is 602 g/mol. The van der Waals surface area contributed by atoms with Crippen LogP contribution in [0, 0.1) is 0 Å². The number of hydrogen-bond donors (Lipinski definition) is 1. The van der Waals surface area contributed by atoms with Gasteiger partial charge >= 0.3 is 0 Å². The van der Waals surface area contributed by atoms with Gasteiger partial charge in [0, 0.05) is 65.4 Å². The van der Waals surface area contributed by atoms with Gasteiger partial charge in [0.05, 0.1) is 6.54 Å². The molecule has 3 aromatic rings. The highest BCUT2D eigenvalue weighted by Gasteiger charge is 2.42. The Morgan fingerprint density at radius 2 is 1.98 bits per heavy atom. The van der Waals surface area contributed by atoms with Crippen LogP contribution in [0.4, 0.5) is 0 Å². The largest absolute Gasteiger partial charge is 0.350 e. The van der Waals surface area contributed by atoms with Crippen LogP contribution in [0.5, 0.6) is 0 Å². The second-order valence-electron chi connectivity index (χ2n) is 11.1. The third-order valence-electron chi connectivity index (χ3n) is 8.29. The fourth-order valence-electron chi connectivity index (χ4n) is 6.26. The highest BCUT2D eigenvalue weighted by Crippen LogP contribution is 2.42. The molecule has 216 valence electrons. The van der Waals surface area contributed by atoms with Crippen LogP contribution in [0.3, 0.4) is 0 Å². The summed E-state index contributed by atoms with van der Waals surface area (Å²) >= 11 is 10.1. The number of nitrogens with one attached hydrogen (secondary N) is 1. The summed E-state index contributed by atoms with van der Waals surface area (Å²) in [5.41, 5.74) is 5.48. The van der Waals surface area contributed by atoms with Crippen molar-refractivity contribution in [3.8, 4) is 0 Å². The van der Waals surface area contributed by atoms with Crippen molar-refractivity contribution in [2.75, 3.05) is 19.6 Å². The third-order valence-corrected chi connectivity index (χ3v) is 8.96. The molecule has 1 saturated heterocycles. The molecule has 7 nitrogen and oxygen atoms in total. The van der Waals surface area contributed by atoms with Gasteiger partial charge in [-0.1, -0.05) is 50.4 Å². The first-order valence-electron chi connectivity index (χ1n) is 14.5. The van der Waals surface area contributed by atoms with Crippen LogP contribution in [0.1, 0.15) is 73.0 Å². The average molecular weight is 639 g/mol. The summed E-state index contributed by atoms with van der Waals surface area (Å²) in [4.78, 5) is 40.5. The summed E-state index contributed by atoms with van der Waals surface area (Å²) < 4.78 is 0.952. The van der Waals surface area contributed by atoms with Gasteiger partial charge in [0.15, 0.2) is 0 Å². The van der Waals surface area contributed by atoms with Crippen LogP contribution in [0.2, 0.25) is 5.02 Å². The molecule has 5 rings (SSSR count). The fraction of sp³-hybridized carbons (Fsp3) is 0.438. The van der Waals surface area contributed by atoms with E-state index in [1.165, 1.54) is 11.1 Å². The quantitative estimate of drug-likeness (QED) is 0.313. The Morgan fingerprint density at radius 3 is 2.76 bits per heavy atom. The summed E-state index contributed by atoms with van der Waals surface area (Å²) in [6.45, 7) is 5.97. The number of piperazine rings is 1. The van der Waals surface area contributed by atoms with E-state index >= 15 is 0 Å². The highest BCUT2D eigenvalue weighted by atomic mass is 79.9. The maximum atomic E-state index is 13.8. The van der Waals surface area contributed by atoms with Gasteiger partial charge in [-0.25, -0.2) is 0 Å². The number of carbonyl (C=O) groups is 2. The lowest BCUT2D eigenvalue weighted by atomic mass is 9.81. The Hall–Kier alpha value is -2.81. The first kappa shape index (κ1) is 29.7. The lowest BCUT2D eigenvalue weighted by Crippen LogP contribution is -2.62. The Bertz CT molecular complexity index is 1390. The summed E-state index contributed by atoms with van der Waals surface area (Å²) in [5, 5.41) is 3.78. The van der Waals surface area contributed by atoms with E-state index in [4.69, 9.17) is 16.6 Å². The number of aromatic nitrogens is 2. The fourth-order valence-corrected chi connectivity index (χ4v) is 6.84. The van der Waals surface area contributed by atoms with Gasteiger partial charge in [0.25, 0.3) is 0 Å². The van der Waals surface area contributed by atoms with Crippen LogP contribution in [-0.2, 0) is 29.0 Å². The molecular formula is C32H37BrClN5O2. The Morgan fingerprint density at radius 1 is 1.15 bits per heavy atom. The molecule has 1 aromatic carbocycles. The molecule has 2 unspecified atom stereocenters. The predicted octanol–water partition coefficient (Wildman–Crippen LogP) is 5.86. The van der Waals surface area contributed by atoms with E-state index in [9.17, 15) is 9.59 Å². The van der Waals surface area contributed by atoms with Crippen molar-refractivity contribution < 1.29 is 9.59 Å². The van der Waals surface area contributed by atoms with Crippen LogP contribution >= 0.6 is 27.5 Å². The van der Waals surface area contributed by atoms with Crippen LogP contribution in [-0.4, -0.2) is 57.3 Å². The molecule has 9 heteroatoms. The number of rotatable bonds is 8. The summed E-state index contributed by atoms with van der Waals surface area (Å²) in [7, 11) is 0. The van der Waals surface area contributed by atoms with Gasteiger partial charge in [-0.2, -0.15) is 0 Å². The predicted molar refractivity (Wildman–Crippen MR) is 165 cm³/mol. The smallest absolute Gasteiger partial charge is 0.244 e. The Kier molecular flexibility index (Phi) is 9.73. The SMILES string of the molecule is CCCCCN1C(=O)CN(C2c3ccc(Cl)cc3CCc3cc(Br)cnc3C2C)C[C@H]1C(=O)NCc1cccnc1. The first-order chi connectivity index (χ1) is 19.9. The number of aryl methyl sites for hydroxylation is 2. The van der Waals surface area contributed by atoms with Crippen molar-refractivity contribution in [1.29, 1.82) is 0 Å². The summed E-state index contributed by atoms with van der Waals surface area (Å²) in [5.74, 6) is -0.153. The number of unbranched alkanes of at least 4 members (excludes halogenated alkanes) is 2. The van der Waals surface area contributed by atoms with E-state index in [-0.39, 0.29) is 30.3 Å². The number of halogens is 2. The van der Waals surface area contributed by atoms with Crippen molar-refractivity contribution in [1.82, 2.24) is 25.1 Å². The molecule has 0 bridgehead atoms. The monoisotopic (exact) mass is 637 g/mol. The number of nitrogens with zero attached hydrogens (tertiary/aromatic N) is 4. The molecule has 1 aliphatic carbocycles. The molecule has 1 N–H and O–H groups in total. The zero-order valence-corrected chi connectivity index (χ0v) is 26.0. The second-order valence-corrected chi connectivity index (χ2v) is 12.4. The van der Waals surface area contributed by atoms with Gasteiger partial charge in [0.2, 0.25) is 11.8 Å². The number of pyridine rings is 2. The maximum absolute atomic E-state index is 13.8. The zero-order valence-electron chi connectivity index (χ0n) is 23.7. The van der Waals surface area contributed by atoms with Crippen LogP contribution in [0.15, 0.2) is 59.5 Å². The third kappa shape index (κ3) is 6.82. The van der Waals surface area contributed by atoms with E-state index in [0.717, 1.165) is 53.4 Å². The zero-order chi connectivity index (χ0) is 28.9. The van der Waals surface area contributed by atoms with Gasteiger partial charge in [-0.05, 0) is 81.7 Å². The number of hydrogen-bond acceptors (Lipinski definition) is 5. The first-order valence-corrected chi connectivity index (χ1v) is 15.7. The molecule has 1 aliphatic heterocycles. The Balaban J connectivity index is 1.49. The van der Waals surface area contributed by atoms with E-state index < -0.39 is 6.04 Å². The van der Waals surface area contributed by atoms with Crippen LogP contribution in [0.25, 0.3) is 0 Å². The molecule has 3 atom stereocenters. The molecule has 2 aromatic heterocycles. The van der Waals surface area contributed by atoms with E-state index in [1.54, 1.807) is 17.3 Å². The minimum Gasteiger partial charge on any atom is -0.350 e. The topological polar surface area (TPSA) is 78.4 Å². The normalized spacial score (nSPS) is 21.0. The molecule has 3 heterocycles. The van der Waals surface area contributed by atoms with Gasteiger partial charge in [-0.3, -0.25) is 24.5 Å². The molecule has 1 fully saturated rings. The van der Waals surface area contributed by atoms with Crippen molar-refractivity contribution in [2.45, 2.75) is 70.5 Å². The molecule has 0 saturated carbocycles. The highest BCUT2D eigenvalue weighted by molar-refractivity contribution is 9.10. The van der Waals surface area contributed by atoms with Crippen molar-refractivity contribution >= 4 is 39.3 Å². The lowest BCUT2D eigenvalue weighted by Gasteiger charge is -2.46. The Labute approximate surface area is 255 Å². The van der Waals surface area contributed by atoms with E-state index in [0.29, 0.717) is 24.7 Å². The number of benzene rings is 1. The number of amides is 2. The second kappa shape index (κ2) is 13.4. The average Bonchev–Trinajstić information content (AvgIpc) is 2.96.